The minimum Gasteiger partial charge on any atom is -0.441 e. The zero-order valence-corrected chi connectivity index (χ0v) is 16.1. The number of benzene rings is 1. The third kappa shape index (κ3) is 4.69. The Morgan fingerprint density at radius 2 is 2.28 bits per heavy atom. The molecule has 0 bridgehead atoms. The molecule has 1 aliphatic heterocycles. The Hall–Kier alpha value is -3.04. The number of cyclic esters (lactones) is 1. The van der Waals surface area contributed by atoms with E-state index in [0.717, 1.165) is 13.1 Å². The Morgan fingerprint density at radius 1 is 1.45 bits per heavy atom. The van der Waals surface area contributed by atoms with Gasteiger partial charge in [-0.3, -0.25) is 10.3 Å². The van der Waals surface area contributed by atoms with Crippen LogP contribution in [0.25, 0.3) is 11.1 Å². The molecule has 29 heavy (non-hydrogen) atoms. The molecule has 1 aromatic heterocycles. The molecule has 1 saturated heterocycles. The lowest BCUT2D eigenvalue weighted by Gasteiger charge is -2.18. The van der Waals surface area contributed by atoms with Crippen molar-refractivity contribution in [2.45, 2.75) is 13.0 Å². The number of hydrogen-bond donors (Lipinski definition) is 3. The first kappa shape index (κ1) is 20.7. The quantitative estimate of drug-likeness (QED) is 0.338. The number of pyridine rings is 1. The van der Waals surface area contributed by atoms with E-state index in [4.69, 9.17) is 15.3 Å². The molecular weight excluding hydrogens is 377 g/mol. The van der Waals surface area contributed by atoms with Gasteiger partial charge >= 0.3 is 6.09 Å². The third-order valence-electron chi connectivity index (χ3n) is 4.63. The Kier molecular flexibility index (Phi) is 6.73. The van der Waals surface area contributed by atoms with Crippen molar-refractivity contribution in [3.8, 4) is 11.1 Å². The van der Waals surface area contributed by atoms with Crippen LogP contribution in [0.1, 0.15) is 6.92 Å². The van der Waals surface area contributed by atoms with Crippen molar-refractivity contribution in [2.24, 2.45) is 0 Å². The van der Waals surface area contributed by atoms with E-state index in [1.165, 1.54) is 17.3 Å². The summed E-state index contributed by atoms with van der Waals surface area (Å²) in [5, 5.41) is 19.9. The maximum atomic E-state index is 14.7. The summed E-state index contributed by atoms with van der Waals surface area (Å²) in [6.07, 6.45) is 1.56. The van der Waals surface area contributed by atoms with E-state index in [1.807, 2.05) is 6.92 Å². The Bertz CT molecular complexity index is 862. The van der Waals surface area contributed by atoms with E-state index in [1.54, 1.807) is 35.4 Å². The summed E-state index contributed by atoms with van der Waals surface area (Å²) in [7, 11) is 0. The lowest BCUT2D eigenvalue weighted by molar-refractivity contribution is 0.0963. The lowest BCUT2D eigenvalue weighted by Crippen LogP contribution is -2.31. The molecule has 0 saturated carbocycles. The van der Waals surface area contributed by atoms with Crippen LogP contribution in [-0.4, -0.2) is 61.4 Å². The van der Waals surface area contributed by atoms with Crippen molar-refractivity contribution >= 4 is 23.9 Å². The minimum atomic E-state index is -0.605. The first-order chi connectivity index (χ1) is 14.1. The number of aromatic nitrogens is 1. The van der Waals surface area contributed by atoms with Gasteiger partial charge in [0.15, 0.2) is 0 Å². The molecule has 0 aliphatic carbocycles. The van der Waals surface area contributed by atoms with Crippen LogP contribution in [0.15, 0.2) is 36.5 Å². The van der Waals surface area contributed by atoms with Gasteiger partial charge in [0.1, 0.15) is 17.7 Å². The fourth-order valence-corrected chi connectivity index (χ4v) is 3.07. The number of ether oxygens (including phenoxy) is 1. The molecule has 0 radical (unpaired) electrons. The second kappa shape index (κ2) is 9.44. The number of hydrogen-bond acceptors (Lipinski definition) is 6. The molecule has 1 fully saturated rings. The highest BCUT2D eigenvalue weighted by molar-refractivity contribution is 5.90. The summed E-state index contributed by atoms with van der Waals surface area (Å²) in [4.78, 5) is 19.2. The first-order valence-corrected chi connectivity index (χ1v) is 9.40. The van der Waals surface area contributed by atoms with Gasteiger partial charge in [0, 0.05) is 30.4 Å². The van der Waals surface area contributed by atoms with Crippen molar-refractivity contribution in [1.29, 1.82) is 5.41 Å². The highest BCUT2D eigenvalue weighted by Crippen LogP contribution is 2.29. The van der Waals surface area contributed by atoms with Crippen molar-refractivity contribution in [2.75, 3.05) is 42.6 Å². The van der Waals surface area contributed by atoms with Crippen LogP contribution in [-0.2, 0) is 4.74 Å². The first-order valence-electron chi connectivity index (χ1n) is 9.40. The van der Waals surface area contributed by atoms with Gasteiger partial charge in [-0.25, -0.2) is 14.2 Å². The van der Waals surface area contributed by atoms with E-state index in [9.17, 15) is 9.18 Å². The van der Waals surface area contributed by atoms with Crippen LogP contribution in [0.3, 0.4) is 0 Å². The Labute approximate surface area is 168 Å². The van der Waals surface area contributed by atoms with Gasteiger partial charge in [-0.05, 0) is 36.9 Å². The van der Waals surface area contributed by atoms with Crippen LogP contribution in [0.5, 0.6) is 0 Å². The normalized spacial score (nSPS) is 16.0. The van der Waals surface area contributed by atoms with E-state index in [2.05, 4.69) is 10.3 Å². The van der Waals surface area contributed by atoms with Crippen LogP contribution in [0.2, 0.25) is 0 Å². The molecule has 1 amide bonds. The van der Waals surface area contributed by atoms with Crippen LogP contribution < -0.4 is 15.1 Å². The van der Waals surface area contributed by atoms with Gasteiger partial charge < -0.3 is 20.1 Å². The van der Waals surface area contributed by atoms with E-state index in [-0.39, 0.29) is 13.2 Å². The standard InChI is InChI=1S/C20H24FN5O3/c1-2-23-7-8-25(13-22)19-6-3-14(10-24-19)17-5-4-15(9-18(17)21)26-11-16(12-27)29-20(26)28/h3-6,9-10,13,16,22-23,27H,2,7-8,11-12H2,1H3. The summed E-state index contributed by atoms with van der Waals surface area (Å²) in [6.45, 7) is 4.09. The van der Waals surface area contributed by atoms with Crippen molar-refractivity contribution in [3.63, 3.8) is 0 Å². The van der Waals surface area contributed by atoms with E-state index >= 15 is 0 Å². The van der Waals surface area contributed by atoms with Gasteiger partial charge in [0.2, 0.25) is 0 Å². The SMILES string of the molecule is CCNCCN(C=N)c1ccc(-c2ccc(N3CC(CO)OC3=O)cc2F)cn1. The van der Waals surface area contributed by atoms with Crippen molar-refractivity contribution in [1.82, 2.24) is 10.3 Å². The van der Waals surface area contributed by atoms with Gasteiger partial charge in [0.25, 0.3) is 0 Å². The molecule has 2 heterocycles. The third-order valence-corrected chi connectivity index (χ3v) is 4.63. The largest absolute Gasteiger partial charge is 0.441 e. The van der Waals surface area contributed by atoms with Crippen LogP contribution >= 0.6 is 0 Å². The highest BCUT2D eigenvalue weighted by Gasteiger charge is 2.32. The molecule has 3 rings (SSSR count). The van der Waals surface area contributed by atoms with Crippen molar-refractivity contribution < 1.29 is 19.0 Å². The average Bonchev–Trinajstić information content (AvgIpc) is 3.12. The number of likely N-dealkylation sites (N-methyl/N-ethyl adjacent to an activating group) is 1. The highest BCUT2D eigenvalue weighted by atomic mass is 19.1. The fourth-order valence-electron chi connectivity index (χ4n) is 3.07. The minimum absolute atomic E-state index is 0.177. The number of anilines is 2. The Balaban J connectivity index is 1.75. The summed E-state index contributed by atoms with van der Waals surface area (Å²) in [5.41, 5.74) is 1.31. The smallest absolute Gasteiger partial charge is 0.414 e. The second-order valence-corrected chi connectivity index (χ2v) is 6.54. The number of aliphatic hydroxyl groups is 1. The van der Waals surface area contributed by atoms with Crippen LogP contribution in [0, 0.1) is 11.2 Å². The molecule has 0 spiro atoms. The van der Waals surface area contributed by atoms with E-state index < -0.39 is 18.0 Å². The Morgan fingerprint density at radius 3 is 2.86 bits per heavy atom. The number of halogens is 1. The molecule has 154 valence electrons. The molecule has 3 N–H and O–H groups in total. The summed E-state index contributed by atoms with van der Waals surface area (Å²) in [6, 6.07) is 7.97. The average molecular weight is 401 g/mol. The zero-order valence-electron chi connectivity index (χ0n) is 16.1. The number of carbonyl (C=O) groups is 1. The second-order valence-electron chi connectivity index (χ2n) is 6.54. The number of aliphatic hydroxyl groups excluding tert-OH is 1. The van der Waals surface area contributed by atoms with Gasteiger partial charge in [-0.2, -0.15) is 0 Å². The molecule has 1 unspecified atom stereocenters. The van der Waals surface area contributed by atoms with Gasteiger partial charge in [-0.1, -0.05) is 6.92 Å². The molecule has 1 aliphatic rings. The predicted molar refractivity (Wildman–Crippen MR) is 109 cm³/mol. The van der Waals surface area contributed by atoms with Gasteiger partial charge in [0.05, 0.1) is 25.2 Å². The predicted octanol–water partition coefficient (Wildman–Crippen LogP) is 2.23. The number of rotatable bonds is 9. The van der Waals surface area contributed by atoms with E-state index in [0.29, 0.717) is 29.2 Å². The maximum absolute atomic E-state index is 14.7. The zero-order chi connectivity index (χ0) is 20.8. The fraction of sp³-hybridized carbons (Fsp3) is 0.350. The summed E-state index contributed by atoms with van der Waals surface area (Å²) in [5.74, 6) is 0.113. The molecule has 1 atom stereocenters. The lowest BCUT2D eigenvalue weighted by atomic mass is 10.1. The molecule has 9 heteroatoms. The number of amides is 1. The summed E-state index contributed by atoms with van der Waals surface area (Å²) >= 11 is 0. The number of nitrogens with zero attached hydrogens (tertiary/aromatic N) is 3. The number of carbonyl (C=O) groups excluding carboxylic acids is 1. The molecule has 1 aromatic carbocycles. The molecular formula is C20H24FN5O3. The summed E-state index contributed by atoms with van der Waals surface area (Å²) < 4.78 is 19.7. The van der Waals surface area contributed by atoms with Crippen molar-refractivity contribution in [3.05, 3.63) is 42.3 Å². The van der Waals surface area contributed by atoms with Crippen LogP contribution in [0.4, 0.5) is 20.7 Å². The van der Waals surface area contributed by atoms with Gasteiger partial charge in [-0.15, -0.1) is 0 Å². The molecule has 2 aromatic rings. The topological polar surface area (TPSA) is 102 Å². The monoisotopic (exact) mass is 401 g/mol. The number of nitrogens with one attached hydrogen (secondary N) is 2. The maximum Gasteiger partial charge on any atom is 0.414 e. The molecule has 8 nitrogen and oxygen atoms in total.